The minimum atomic E-state index is -0.556. The highest BCUT2D eigenvalue weighted by Gasteiger charge is 2.22. The van der Waals surface area contributed by atoms with Gasteiger partial charge in [0.15, 0.2) is 0 Å². The van der Waals surface area contributed by atoms with Gasteiger partial charge in [0, 0.05) is 19.5 Å². The first-order valence-electron chi connectivity index (χ1n) is 5.70. The normalized spacial score (nSPS) is 17.8. The van der Waals surface area contributed by atoms with Crippen molar-refractivity contribution >= 4 is 5.84 Å². The molecular weight excluding hydrogens is 176 g/mol. The Kier molecular flexibility index (Phi) is 4.39. The first kappa shape index (κ1) is 11.5. The second kappa shape index (κ2) is 5.35. The van der Waals surface area contributed by atoms with Crippen LogP contribution >= 0.6 is 0 Å². The zero-order valence-electron chi connectivity index (χ0n) is 9.34. The van der Waals surface area contributed by atoms with E-state index in [0.29, 0.717) is 6.54 Å². The van der Waals surface area contributed by atoms with Gasteiger partial charge in [0.1, 0.15) is 0 Å². The van der Waals surface area contributed by atoms with E-state index in [1.807, 2.05) is 13.8 Å². The summed E-state index contributed by atoms with van der Waals surface area (Å²) in [7, 11) is 0. The quantitative estimate of drug-likeness (QED) is 0.722. The molecule has 3 heteroatoms. The summed E-state index contributed by atoms with van der Waals surface area (Å²) < 4.78 is 0. The average molecular weight is 198 g/mol. The third kappa shape index (κ3) is 3.29. The molecule has 0 aromatic rings. The van der Waals surface area contributed by atoms with Crippen LogP contribution in [-0.2, 0) is 0 Å². The van der Waals surface area contributed by atoms with Crippen LogP contribution in [0.5, 0.6) is 0 Å². The third-order valence-electron chi connectivity index (χ3n) is 3.06. The lowest BCUT2D eigenvalue weighted by Gasteiger charge is -2.27. The van der Waals surface area contributed by atoms with Crippen molar-refractivity contribution in [2.24, 2.45) is 4.99 Å². The second-order valence-corrected chi connectivity index (χ2v) is 4.07. The van der Waals surface area contributed by atoms with E-state index in [0.717, 1.165) is 31.6 Å². The Morgan fingerprint density at radius 3 is 2.57 bits per heavy atom. The van der Waals surface area contributed by atoms with Gasteiger partial charge in [0.2, 0.25) is 0 Å². The number of aliphatic hydroxyl groups is 1. The summed E-state index contributed by atoms with van der Waals surface area (Å²) >= 11 is 0. The summed E-state index contributed by atoms with van der Waals surface area (Å²) in [4.78, 5) is 4.40. The van der Waals surface area contributed by atoms with E-state index in [2.05, 4.69) is 10.3 Å². The SMILES string of the molecule is CCC(O)(CC)CNC1=NCCCC1. The van der Waals surface area contributed by atoms with Crippen LogP contribution in [0.2, 0.25) is 0 Å². The van der Waals surface area contributed by atoms with E-state index in [9.17, 15) is 5.11 Å². The number of hydrogen-bond acceptors (Lipinski definition) is 3. The molecular formula is C11H22N2O. The van der Waals surface area contributed by atoms with E-state index in [1.54, 1.807) is 0 Å². The molecule has 0 aromatic carbocycles. The minimum Gasteiger partial charge on any atom is -0.388 e. The van der Waals surface area contributed by atoms with Crippen molar-refractivity contribution in [3.05, 3.63) is 0 Å². The molecule has 0 saturated carbocycles. The predicted molar refractivity (Wildman–Crippen MR) is 59.7 cm³/mol. The van der Waals surface area contributed by atoms with Crippen LogP contribution in [0.1, 0.15) is 46.0 Å². The van der Waals surface area contributed by atoms with Gasteiger partial charge < -0.3 is 10.4 Å². The van der Waals surface area contributed by atoms with Crippen LogP contribution in [0, 0.1) is 0 Å². The van der Waals surface area contributed by atoms with Crippen LogP contribution in [0.25, 0.3) is 0 Å². The molecule has 0 amide bonds. The molecule has 0 fully saturated rings. The number of amidine groups is 1. The van der Waals surface area contributed by atoms with E-state index in [1.165, 1.54) is 12.8 Å². The number of aliphatic imine (C=N–C) groups is 1. The zero-order chi connectivity index (χ0) is 10.4. The first-order chi connectivity index (χ1) is 6.70. The molecule has 0 spiro atoms. The Balaban J connectivity index is 2.34. The molecule has 1 heterocycles. The van der Waals surface area contributed by atoms with Gasteiger partial charge >= 0.3 is 0 Å². The predicted octanol–water partition coefficient (Wildman–Crippen LogP) is 1.71. The van der Waals surface area contributed by atoms with E-state index in [4.69, 9.17) is 0 Å². The molecule has 0 bridgehead atoms. The second-order valence-electron chi connectivity index (χ2n) is 4.07. The van der Waals surface area contributed by atoms with E-state index >= 15 is 0 Å². The molecule has 0 unspecified atom stereocenters. The molecule has 1 aliphatic heterocycles. The maximum Gasteiger partial charge on any atom is 0.0964 e. The van der Waals surface area contributed by atoms with E-state index < -0.39 is 5.60 Å². The maximum absolute atomic E-state index is 10.0. The minimum absolute atomic E-state index is 0.556. The maximum atomic E-state index is 10.0. The van der Waals surface area contributed by atoms with Gasteiger partial charge in [-0.3, -0.25) is 4.99 Å². The lowest BCUT2D eigenvalue weighted by Crippen LogP contribution is -2.42. The van der Waals surface area contributed by atoms with Crippen LogP contribution < -0.4 is 5.32 Å². The smallest absolute Gasteiger partial charge is 0.0964 e. The lowest BCUT2D eigenvalue weighted by molar-refractivity contribution is 0.0368. The molecule has 0 saturated heterocycles. The highest BCUT2D eigenvalue weighted by molar-refractivity contribution is 5.82. The van der Waals surface area contributed by atoms with Gasteiger partial charge in [-0.2, -0.15) is 0 Å². The fourth-order valence-electron chi connectivity index (χ4n) is 1.61. The standard InChI is InChI=1S/C11H22N2O/c1-3-11(14,4-2)9-13-10-7-5-6-8-12-10/h14H,3-9H2,1-2H3,(H,12,13). The van der Waals surface area contributed by atoms with Crippen molar-refractivity contribution < 1.29 is 5.11 Å². The van der Waals surface area contributed by atoms with Crippen LogP contribution in [0.4, 0.5) is 0 Å². The fourth-order valence-corrected chi connectivity index (χ4v) is 1.61. The van der Waals surface area contributed by atoms with Crippen molar-refractivity contribution in [3.8, 4) is 0 Å². The van der Waals surface area contributed by atoms with Crippen molar-refractivity contribution in [1.82, 2.24) is 5.32 Å². The van der Waals surface area contributed by atoms with Crippen LogP contribution in [-0.4, -0.2) is 29.6 Å². The number of hydrogen-bond donors (Lipinski definition) is 2. The van der Waals surface area contributed by atoms with Gasteiger partial charge in [-0.15, -0.1) is 0 Å². The topological polar surface area (TPSA) is 44.6 Å². The summed E-state index contributed by atoms with van der Waals surface area (Å²) in [5, 5.41) is 13.3. The van der Waals surface area contributed by atoms with Crippen molar-refractivity contribution in [1.29, 1.82) is 0 Å². The molecule has 0 atom stereocenters. The Hall–Kier alpha value is -0.570. The summed E-state index contributed by atoms with van der Waals surface area (Å²) in [6.07, 6.45) is 5.07. The molecule has 0 aliphatic carbocycles. The summed E-state index contributed by atoms with van der Waals surface area (Å²) in [5.74, 6) is 1.08. The highest BCUT2D eigenvalue weighted by atomic mass is 16.3. The fraction of sp³-hybridized carbons (Fsp3) is 0.909. The Morgan fingerprint density at radius 1 is 1.36 bits per heavy atom. The summed E-state index contributed by atoms with van der Waals surface area (Å²) in [6, 6.07) is 0. The van der Waals surface area contributed by atoms with Crippen molar-refractivity contribution in [3.63, 3.8) is 0 Å². The third-order valence-corrected chi connectivity index (χ3v) is 3.06. The monoisotopic (exact) mass is 198 g/mol. The van der Waals surface area contributed by atoms with Gasteiger partial charge in [-0.1, -0.05) is 13.8 Å². The zero-order valence-corrected chi connectivity index (χ0v) is 9.34. The molecule has 1 rings (SSSR count). The van der Waals surface area contributed by atoms with Crippen molar-refractivity contribution in [2.75, 3.05) is 13.1 Å². The molecule has 14 heavy (non-hydrogen) atoms. The van der Waals surface area contributed by atoms with Gasteiger partial charge in [-0.25, -0.2) is 0 Å². The molecule has 3 nitrogen and oxygen atoms in total. The van der Waals surface area contributed by atoms with E-state index in [-0.39, 0.29) is 0 Å². The van der Waals surface area contributed by atoms with Crippen LogP contribution in [0.15, 0.2) is 4.99 Å². The molecule has 2 N–H and O–H groups in total. The van der Waals surface area contributed by atoms with Crippen molar-refractivity contribution in [2.45, 2.75) is 51.6 Å². The molecule has 82 valence electrons. The number of nitrogens with zero attached hydrogens (tertiary/aromatic N) is 1. The first-order valence-corrected chi connectivity index (χ1v) is 5.70. The number of nitrogens with one attached hydrogen (secondary N) is 1. The average Bonchev–Trinajstić information content (AvgIpc) is 2.27. The largest absolute Gasteiger partial charge is 0.388 e. The molecule has 0 aromatic heterocycles. The highest BCUT2D eigenvalue weighted by Crippen LogP contribution is 2.13. The van der Waals surface area contributed by atoms with Gasteiger partial charge in [0.05, 0.1) is 11.4 Å². The summed E-state index contributed by atoms with van der Waals surface area (Å²) in [5.41, 5.74) is -0.556. The van der Waals surface area contributed by atoms with Crippen LogP contribution in [0.3, 0.4) is 0 Å². The Labute approximate surface area is 86.6 Å². The van der Waals surface area contributed by atoms with Gasteiger partial charge in [-0.05, 0) is 25.7 Å². The van der Waals surface area contributed by atoms with Gasteiger partial charge in [0.25, 0.3) is 0 Å². The Bertz CT molecular complexity index is 197. The lowest BCUT2D eigenvalue weighted by atomic mass is 9.97. The Morgan fingerprint density at radius 2 is 2.07 bits per heavy atom. The molecule has 1 aliphatic rings. The summed E-state index contributed by atoms with van der Waals surface area (Å²) in [6.45, 7) is 5.62. The number of rotatable bonds is 4. The molecule has 0 radical (unpaired) electrons.